The van der Waals surface area contributed by atoms with Crippen LogP contribution < -0.4 is 10.6 Å². The average molecular weight is 542 g/mol. The number of carbonyl (C=O) groups is 3. The molecule has 7 rings (SSSR count). The number of nitrogens with one attached hydrogen (secondary N) is 2. The number of piperidine rings is 1. The van der Waals surface area contributed by atoms with Gasteiger partial charge in [-0.1, -0.05) is 19.3 Å². The summed E-state index contributed by atoms with van der Waals surface area (Å²) in [6.07, 6.45) is 15.2. The van der Waals surface area contributed by atoms with Crippen LogP contribution in [0.5, 0.6) is 0 Å². The molecule has 2 aliphatic heterocycles. The van der Waals surface area contributed by atoms with Crippen LogP contribution in [0.4, 0.5) is 4.39 Å². The Morgan fingerprint density at radius 3 is 2.37 bits per heavy atom. The van der Waals surface area contributed by atoms with Gasteiger partial charge < -0.3 is 10.2 Å². The van der Waals surface area contributed by atoms with Crippen molar-refractivity contribution in [2.45, 2.75) is 106 Å². The van der Waals surface area contributed by atoms with Gasteiger partial charge in [-0.25, -0.2) is 4.39 Å². The van der Waals surface area contributed by atoms with Gasteiger partial charge in [0.25, 0.3) is 5.91 Å². The Morgan fingerprint density at radius 2 is 1.66 bits per heavy atom. The number of hydrogen-bond acceptors (Lipinski definition) is 5. The Bertz CT molecular complexity index is 1070. The van der Waals surface area contributed by atoms with Crippen LogP contribution >= 0.6 is 11.8 Å². The average Bonchev–Trinajstić information content (AvgIpc) is 3.21. The molecule has 3 amide bonds. The van der Waals surface area contributed by atoms with E-state index in [1.807, 2.05) is 0 Å². The molecular weight excluding hydrogens is 501 g/mol. The topological polar surface area (TPSA) is 78.5 Å². The van der Waals surface area contributed by atoms with E-state index in [0.29, 0.717) is 11.1 Å². The van der Waals surface area contributed by atoms with Crippen molar-refractivity contribution in [3.8, 4) is 0 Å². The van der Waals surface area contributed by atoms with Gasteiger partial charge in [0, 0.05) is 29.0 Å². The second kappa shape index (κ2) is 10.9. The molecular formula is C30H40FN3O3S. The van der Waals surface area contributed by atoms with E-state index in [0.717, 1.165) is 41.4 Å². The first-order valence-electron chi connectivity index (χ1n) is 14.7. The highest BCUT2D eigenvalue weighted by Crippen LogP contribution is 2.55. The Labute approximate surface area is 229 Å². The van der Waals surface area contributed by atoms with Gasteiger partial charge in [0.1, 0.15) is 11.9 Å². The summed E-state index contributed by atoms with van der Waals surface area (Å²) in [6.45, 7) is 1.37. The first-order valence-corrected chi connectivity index (χ1v) is 15.7. The summed E-state index contributed by atoms with van der Waals surface area (Å²) in [5, 5.41) is 6.31. The number of thioether (sulfide) groups is 1. The fourth-order valence-corrected chi connectivity index (χ4v) is 9.43. The summed E-state index contributed by atoms with van der Waals surface area (Å²) < 4.78 is 14.6. The zero-order chi connectivity index (χ0) is 26.3. The van der Waals surface area contributed by atoms with Crippen LogP contribution in [0.25, 0.3) is 0 Å². The maximum atomic E-state index is 14.6. The monoisotopic (exact) mass is 541 g/mol. The maximum absolute atomic E-state index is 14.6. The first-order chi connectivity index (χ1) is 18.4. The molecule has 1 unspecified atom stereocenters. The molecule has 8 heteroatoms. The number of halogens is 1. The highest BCUT2D eigenvalue weighted by molar-refractivity contribution is 7.99. The van der Waals surface area contributed by atoms with Crippen molar-refractivity contribution in [3.05, 3.63) is 29.1 Å². The molecule has 1 atom stereocenters. The summed E-state index contributed by atoms with van der Waals surface area (Å²) in [5.41, 5.74) is 1.24. The third kappa shape index (κ3) is 5.27. The molecule has 5 fully saturated rings. The summed E-state index contributed by atoms with van der Waals surface area (Å²) in [7, 11) is 0. The van der Waals surface area contributed by atoms with Gasteiger partial charge in [0.2, 0.25) is 11.8 Å². The first kappa shape index (κ1) is 26.3. The van der Waals surface area contributed by atoms with Crippen molar-refractivity contribution in [1.29, 1.82) is 0 Å². The van der Waals surface area contributed by atoms with Gasteiger partial charge in [0.05, 0.1) is 5.56 Å². The van der Waals surface area contributed by atoms with E-state index >= 15 is 0 Å². The number of hydrogen-bond donors (Lipinski definition) is 2. The van der Waals surface area contributed by atoms with Gasteiger partial charge in [-0.3, -0.25) is 19.7 Å². The minimum absolute atomic E-state index is 0.0891. The number of unbranched alkanes of at least 4 members (excludes halogenated alkanes) is 4. The van der Waals surface area contributed by atoms with Gasteiger partial charge in [-0.2, -0.15) is 0 Å². The molecule has 4 saturated carbocycles. The van der Waals surface area contributed by atoms with Crippen molar-refractivity contribution in [2.75, 3.05) is 12.3 Å². The summed E-state index contributed by atoms with van der Waals surface area (Å²) in [5.74, 6) is 2.13. The molecule has 1 saturated heterocycles. The highest BCUT2D eigenvalue weighted by Gasteiger charge is 2.50. The van der Waals surface area contributed by atoms with Crippen LogP contribution in [0.3, 0.4) is 0 Å². The lowest BCUT2D eigenvalue weighted by atomic mass is 9.53. The summed E-state index contributed by atoms with van der Waals surface area (Å²) in [6, 6.07) is 2.40. The molecule has 1 aromatic carbocycles. The molecule has 206 valence electrons. The minimum Gasteiger partial charge on any atom is -0.322 e. The van der Waals surface area contributed by atoms with Crippen molar-refractivity contribution in [2.24, 2.45) is 17.8 Å². The third-order valence-electron chi connectivity index (χ3n) is 9.73. The lowest BCUT2D eigenvalue weighted by molar-refractivity contribution is -0.136. The van der Waals surface area contributed by atoms with E-state index in [-0.39, 0.29) is 30.9 Å². The normalized spacial score (nSPS) is 31.7. The van der Waals surface area contributed by atoms with Crippen LogP contribution in [0.1, 0.15) is 99.4 Å². The summed E-state index contributed by atoms with van der Waals surface area (Å²) in [4.78, 5) is 39.1. The quantitative estimate of drug-likeness (QED) is 0.229. The van der Waals surface area contributed by atoms with Gasteiger partial charge in [-0.15, -0.1) is 11.8 Å². The number of rotatable bonds is 11. The zero-order valence-corrected chi connectivity index (χ0v) is 23.1. The molecule has 4 bridgehead atoms. The molecule has 0 spiro atoms. The Balaban J connectivity index is 0.917. The van der Waals surface area contributed by atoms with Crippen LogP contribution in [0.2, 0.25) is 0 Å². The second-order valence-electron chi connectivity index (χ2n) is 12.5. The predicted octanol–water partition coefficient (Wildman–Crippen LogP) is 5.19. The van der Waals surface area contributed by atoms with Crippen molar-refractivity contribution < 1.29 is 18.8 Å². The number of nitrogens with zero attached hydrogens (tertiary/aromatic N) is 1. The molecule has 4 aliphatic carbocycles. The molecule has 2 heterocycles. The van der Waals surface area contributed by atoms with Crippen LogP contribution in [-0.4, -0.2) is 46.5 Å². The molecule has 6 nitrogen and oxygen atoms in total. The molecule has 1 aromatic rings. The summed E-state index contributed by atoms with van der Waals surface area (Å²) >= 11 is 1.67. The lowest BCUT2D eigenvalue weighted by Gasteiger charge is -2.57. The maximum Gasteiger partial charge on any atom is 0.258 e. The molecule has 38 heavy (non-hydrogen) atoms. The van der Waals surface area contributed by atoms with E-state index in [4.69, 9.17) is 0 Å². The number of imide groups is 1. The third-order valence-corrected chi connectivity index (χ3v) is 10.9. The largest absolute Gasteiger partial charge is 0.322 e. The zero-order valence-electron chi connectivity index (χ0n) is 22.2. The van der Waals surface area contributed by atoms with Crippen molar-refractivity contribution in [3.63, 3.8) is 0 Å². The molecule has 0 aromatic heterocycles. The molecule has 0 radical (unpaired) electrons. The lowest BCUT2D eigenvalue weighted by Crippen LogP contribution is -2.58. The Hall–Kier alpha value is -1.93. The van der Waals surface area contributed by atoms with E-state index in [2.05, 4.69) is 10.6 Å². The van der Waals surface area contributed by atoms with E-state index in [1.165, 1.54) is 75.2 Å². The standard InChI is InChI=1S/C30H40FN3O3S/c31-23-6-8-25(22-18-34(29(37)27(22)23)24-7-9-26(35)33-28(24)36)38-11-5-3-1-2-4-10-32-30-15-19-12-20(16-30)14-21(13-19)17-30/h6,8,19-21,24,32H,1-5,7,9-18H2,(H,33,35,36). The molecule has 6 aliphatic rings. The fraction of sp³-hybridized carbons (Fsp3) is 0.700. The highest BCUT2D eigenvalue weighted by atomic mass is 32.2. The fourth-order valence-electron chi connectivity index (χ4n) is 8.36. The van der Waals surface area contributed by atoms with E-state index in [1.54, 1.807) is 17.8 Å². The number of fused-ring (bicyclic) bond motifs is 1. The minimum atomic E-state index is -0.720. The van der Waals surface area contributed by atoms with Gasteiger partial charge in [0.15, 0.2) is 0 Å². The molecule has 2 N–H and O–H groups in total. The Kier molecular flexibility index (Phi) is 7.55. The second-order valence-corrected chi connectivity index (χ2v) is 13.7. The van der Waals surface area contributed by atoms with Crippen LogP contribution in [0.15, 0.2) is 17.0 Å². The van der Waals surface area contributed by atoms with Crippen LogP contribution in [-0.2, 0) is 16.1 Å². The van der Waals surface area contributed by atoms with Gasteiger partial charge >= 0.3 is 0 Å². The van der Waals surface area contributed by atoms with E-state index < -0.39 is 23.7 Å². The number of carbonyl (C=O) groups excluding carboxylic acids is 3. The Morgan fingerprint density at radius 1 is 0.974 bits per heavy atom. The van der Waals surface area contributed by atoms with Crippen LogP contribution in [0, 0.1) is 23.6 Å². The van der Waals surface area contributed by atoms with Gasteiger partial charge in [-0.05, 0) is 100.0 Å². The smallest absolute Gasteiger partial charge is 0.258 e. The predicted molar refractivity (Wildman–Crippen MR) is 145 cm³/mol. The van der Waals surface area contributed by atoms with Crippen molar-refractivity contribution in [1.82, 2.24) is 15.5 Å². The van der Waals surface area contributed by atoms with E-state index in [9.17, 15) is 18.8 Å². The van der Waals surface area contributed by atoms with Crippen molar-refractivity contribution >= 4 is 29.5 Å². The number of benzene rings is 1. The SMILES string of the molecule is O=C1CCC(N2Cc3c(SCCCCCCCNC45CC6CC(CC(C6)C4)C5)ccc(F)c3C2=O)C(=O)N1. The number of amides is 3.